The quantitative estimate of drug-likeness (QED) is 0.493. The highest BCUT2D eigenvalue weighted by Crippen LogP contribution is 2.37. The van der Waals surface area contributed by atoms with Crippen molar-refractivity contribution in [1.82, 2.24) is 0 Å². The van der Waals surface area contributed by atoms with Crippen LogP contribution in [-0.2, 0) is 16.3 Å². The molecule has 4 rings (SSSR count). The van der Waals surface area contributed by atoms with Gasteiger partial charge in [0, 0.05) is 6.42 Å². The number of fused-ring (bicyclic) bond motifs is 4. The van der Waals surface area contributed by atoms with Crippen molar-refractivity contribution in [2.24, 2.45) is 0 Å². The van der Waals surface area contributed by atoms with Gasteiger partial charge in [-0.2, -0.15) is 0 Å². The number of hydrogen-bond acceptors (Lipinski definition) is 2. The van der Waals surface area contributed by atoms with Gasteiger partial charge in [0.15, 0.2) is 0 Å². The predicted octanol–water partition coefficient (Wildman–Crippen LogP) is 3.58. The van der Waals surface area contributed by atoms with Crippen molar-refractivity contribution < 1.29 is 8.42 Å². The van der Waals surface area contributed by atoms with Crippen LogP contribution in [0.3, 0.4) is 0 Å². The average molecular weight is 280 g/mol. The van der Waals surface area contributed by atoms with Crippen molar-refractivity contribution in [3.63, 3.8) is 0 Å². The smallest absolute Gasteiger partial charge is 0.207 e. The van der Waals surface area contributed by atoms with Crippen molar-refractivity contribution in [1.29, 1.82) is 0 Å². The normalized spacial score (nSPS) is 15.6. The van der Waals surface area contributed by atoms with Gasteiger partial charge in [0.1, 0.15) is 0 Å². The van der Waals surface area contributed by atoms with Crippen LogP contribution < -0.4 is 0 Å². The molecule has 3 heteroatoms. The Hall–Kier alpha value is -2.13. The van der Waals surface area contributed by atoms with E-state index in [1.165, 1.54) is 0 Å². The van der Waals surface area contributed by atoms with Gasteiger partial charge in [-0.25, -0.2) is 8.42 Å². The molecule has 0 atom stereocenters. The third-order valence-corrected chi connectivity index (χ3v) is 5.86. The van der Waals surface area contributed by atoms with Crippen LogP contribution >= 0.6 is 0 Å². The molecule has 1 heterocycles. The van der Waals surface area contributed by atoms with E-state index in [1.807, 2.05) is 42.5 Å². The lowest BCUT2D eigenvalue weighted by molar-refractivity contribution is 0.592. The lowest BCUT2D eigenvalue weighted by Gasteiger charge is -2.21. The molecule has 0 saturated heterocycles. The average Bonchev–Trinajstić information content (AvgIpc) is 2.47. The van der Waals surface area contributed by atoms with E-state index in [9.17, 15) is 8.42 Å². The Balaban J connectivity index is 2.14. The molecule has 20 heavy (non-hydrogen) atoms. The highest BCUT2D eigenvalue weighted by molar-refractivity contribution is 7.91. The minimum absolute atomic E-state index is 0.447. The van der Waals surface area contributed by atoms with E-state index in [4.69, 9.17) is 0 Å². The molecular formula is C17H12O2S. The highest BCUT2D eigenvalue weighted by Gasteiger charge is 2.29. The second kappa shape index (κ2) is 3.93. The molecule has 1 aliphatic rings. The number of rotatable bonds is 0. The van der Waals surface area contributed by atoms with Gasteiger partial charge in [-0.1, -0.05) is 48.5 Å². The van der Waals surface area contributed by atoms with E-state index in [1.54, 1.807) is 18.2 Å². The maximum Gasteiger partial charge on any atom is 0.207 e. The summed E-state index contributed by atoms with van der Waals surface area (Å²) in [7, 11) is -3.39. The molecule has 98 valence electrons. The third-order valence-electron chi connectivity index (χ3n) is 3.92. The minimum Gasteiger partial charge on any atom is -0.218 e. The first-order chi connectivity index (χ1) is 9.68. The Morgan fingerprint density at radius 1 is 0.750 bits per heavy atom. The Bertz CT molecular complexity index is 940. The van der Waals surface area contributed by atoms with Gasteiger partial charge in [0.2, 0.25) is 9.84 Å². The molecule has 0 amide bonds. The summed E-state index contributed by atoms with van der Waals surface area (Å²) in [5, 5.41) is 2.11. The molecule has 3 aromatic carbocycles. The van der Waals surface area contributed by atoms with E-state index >= 15 is 0 Å². The summed E-state index contributed by atoms with van der Waals surface area (Å²) in [5.74, 6) is 0. The van der Waals surface area contributed by atoms with Crippen molar-refractivity contribution >= 4 is 20.6 Å². The maximum atomic E-state index is 12.7. The molecular weight excluding hydrogens is 268 g/mol. The van der Waals surface area contributed by atoms with Crippen LogP contribution in [0.5, 0.6) is 0 Å². The molecule has 0 bridgehead atoms. The monoisotopic (exact) mass is 280 g/mol. The molecule has 0 unspecified atom stereocenters. The molecule has 2 nitrogen and oxygen atoms in total. The SMILES string of the molecule is O=S1(=O)c2ccccc2Cc2c1ccc1ccccc21. The summed E-state index contributed by atoms with van der Waals surface area (Å²) >= 11 is 0. The van der Waals surface area contributed by atoms with Crippen LogP contribution in [0.25, 0.3) is 10.8 Å². The van der Waals surface area contributed by atoms with Crippen molar-refractivity contribution in [3.05, 3.63) is 71.8 Å². The fraction of sp³-hybridized carbons (Fsp3) is 0.0588. The van der Waals surface area contributed by atoms with E-state index < -0.39 is 9.84 Å². The van der Waals surface area contributed by atoms with Crippen LogP contribution in [0.4, 0.5) is 0 Å². The largest absolute Gasteiger partial charge is 0.218 e. The molecule has 0 aromatic heterocycles. The lowest BCUT2D eigenvalue weighted by atomic mass is 9.98. The molecule has 1 aliphatic heterocycles. The fourth-order valence-corrected chi connectivity index (χ4v) is 4.70. The van der Waals surface area contributed by atoms with Crippen LogP contribution in [0.15, 0.2) is 70.5 Å². The van der Waals surface area contributed by atoms with Crippen molar-refractivity contribution in [3.8, 4) is 0 Å². The van der Waals surface area contributed by atoms with Crippen molar-refractivity contribution in [2.45, 2.75) is 16.2 Å². The summed E-state index contributed by atoms with van der Waals surface area (Å²) in [5.41, 5.74) is 1.80. The van der Waals surface area contributed by atoms with Crippen LogP contribution in [-0.4, -0.2) is 8.42 Å². The molecule has 0 spiro atoms. The van der Waals surface area contributed by atoms with Gasteiger partial charge >= 0.3 is 0 Å². The maximum absolute atomic E-state index is 12.7. The predicted molar refractivity (Wildman–Crippen MR) is 78.6 cm³/mol. The molecule has 0 fully saturated rings. The van der Waals surface area contributed by atoms with Gasteiger partial charge in [-0.05, 0) is 34.0 Å². The zero-order chi connectivity index (χ0) is 13.7. The fourth-order valence-electron chi connectivity index (χ4n) is 2.97. The summed E-state index contributed by atoms with van der Waals surface area (Å²) in [6, 6.07) is 18.8. The summed E-state index contributed by atoms with van der Waals surface area (Å²) < 4.78 is 25.5. The molecule has 3 aromatic rings. The van der Waals surface area contributed by atoms with Gasteiger partial charge in [0.05, 0.1) is 9.79 Å². The highest BCUT2D eigenvalue weighted by atomic mass is 32.2. The third kappa shape index (κ3) is 1.47. The van der Waals surface area contributed by atoms with E-state index in [0.717, 1.165) is 21.9 Å². The summed E-state index contributed by atoms with van der Waals surface area (Å²) in [4.78, 5) is 0.901. The first-order valence-electron chi connectivity index (χ1n) is 6.51. The molecule has 0 N–H and O–H groups in total. The summed E-state index contributed by atoms with van der Waals surface area (Å²) in [6.45, 7) is 0. The standard InChI is InChI=1S/C17H12O2S/c18-20(19)16-8-4-2-6-13(16)11-15-14-7-3-1-5-12(14)9-10-17(15)20/h1-10H,11H2. The molecule has 0 radical (unpaired) electrons. The topological polar surface area (TPSA) is 34.1 Å². The first-order valence-corrected chi connectivity index (χ1v) is 8.00. The van der Waals surface area contributed by atoms with Gasteiger partial charge in [0.25, 0.3) is 0 Å². The second-order valence-electron chi connectivity index (χ2n) is 5.05. The van der Waals surface area contributed by atoms with Crippen LogP contribution in [0.1, 0.15) is 11.1 Å². The van der Waals surface area contributed by atoms with E-state index in [2.05, 4.69) is 0 Å². The van der Waals surface area contributed by atoms with Gasteiger partial charge < -0.3 is 0 Å². The number of benzene rings is 3. The van der Waals surface area contributed by atoms with Crippen LogP contribution in [0.2, 0.25) is 0 Å². The van der Waals surface area contributed by atoms with E-state index in [0.29, 0.717) is 16.2 Å². The number of sulfone groups is 1. The summed E-state index contributed by atoms with van der Waals surface area (Å²) in [6.07, 6.45) is 0.673. The Kier molecular flexibility index (Phi) is 2.30. The Morgan fingerprint density at radius 3 is 2.40 bits per heavy atom. The molecule has 0 saturated carbocycles. The zero-order valence-electron chi connectivity index (χ0n) is 10.7. The Labute approximate surface area is 117 Å². The van der Waals surface area contributed by atoms with Crippen LogP contribution in [0, 0.1) is 0 Å². The zero-order valence-corrected chi connectivity index (χ0v) is 11.5. The Morgan fingerprint density at radius 2 is 1.50 bits per heavy atom. The molecule has 0 aliphatic carbocycles. The van der Waals surface area contributed by atoms with Gasteiger partial charge in [-0.15, -0.1) is 0 Å². The number of hydrogen-bond donors (Lipinski definition) is 0. The van der Waals surface area contributed by atoms with E-state index in [-0.39, 0.29) is 0 Å². The second-order valence-corrected chi connectivity index (χ2v) is 6.94. The first kappa shape index (κ1) is 11.7. The lowest BCUT2D eigenvalue weighted by Crippen LogP contribution is -2.14. The van der Waals surface area contributed by atoms with Gasteiger partial charge in [-0.3, -0.25) is 0 Å². The van der Waals surface area contributed by atoms with Crippen molar-refractivity contribution in [2.75, 3.05) is 0 Å². The minimum atomic E-state index is -3.39.